The molecule has 4 aliphatic rings. The van der Waals surface area contributed by atoms with Crippen molar-refractivity contribution in [1.29, 1.82) is 0 Å². The van der Waals surface area contributed by atoms with Gasteiger partial charge in [-0.3, -0.25) is 9.69 Å². The van der Waals surface area contributed by atoms with Crippen LogP contribution in [-0.2, 0) is 4.79 Å². The van der Waals surface area contributed by atoms with Gasteiger partial charge in [0.25, 0.3) is 0 Å². The van der Waals surface area contributed by atoms with Crippen molar-refractivity contribution in [2.24, 2.45) is 23.5 Å². The zero-order valence-electron chi connectivity index (χ0n) is 13.0. The van der Waals surface area contributed by atoms with Gasteiger partial charge >= 0.3 is 0 Å². The summed E-state index contributed by atoms with van der Waals surface area (Å²) in [5.74, 6) is 1.74. The van der Waals surface area contributed by atoms with Gasteiger partial charge in [-0.25, -0.2) is 0 Å². The minimum atomic E-state index is 0.140. The topological polar surface area (TPSA) is 49.6 Å². The van der Waals surface area contributed by atoms with Crippen molar-refractivity contribution < 1.29 is 4.79 Å². The Morgan fingerprint density at radius 1 is 0.952 bits per heavy atom. The Morgan fingerprint density at radius 3 is 2.43 bits per heavy atom. The molecule has 21 heavy (non-hydrogen) atoms. The summed E-state index contributed by atoms with van der Waals surface area (Å²) in [6, 6.07) is 0.753. The summed E-state index contributed by atoms with van der Waals surface area (Å²) in [5.41, 5.74) is 6.37. The molecule has 2 heterocycles. The van der Waals surface area contributed by atoms with E-state index in [1.165, 1.54) is 58.0 Å². The van der Waals surface area contributed by atoms with Crippen molar-refractivity contribution in [3.8, 4) is 0 Å². The lowest BCUT2D eigenvalue weighted by Gasteiger charge is -2.40. The predicted molar refractivity (Wildman–Crippen MR) is 82.7 cm³/mol. The van der Waals surface area contributed by atoms with Crippen molar-refractivity contribution in [1.82, 2.24) is 9.80 Å². The zero-order chi connectivity index (χ0) is 14.4. The van der Waals surface area contributed by atoms with Crippen LogP contribution in [0.15, 0.2) is 0 Å². The monoisotopic (exact) mass is 291 g/mol. The molecule has 4 heteroatoms. The van der Waals surface area contributed by atoms with E-state index in [9.17, 15) is 4.79 Å². The van der Waals surface area contributed by atoms with Crippen LogP contribution in [0.1, 0.15) is 44.9 Å². The van der Waals surface area contributed by atoms with Crippen LogP contribution in [-0.4, -0.2) is 54.0 Å². The first kappa shape index (κ1) is 14.0. The van der Waals surface area contributed by atoms with Crippen LogP contribution in [0.25, 0.3) is 0 Å². The van der Waals surface area contributed by atoms with Gasteiger partial charge in [-0.1, -0.05) is 0 Å². The highest BCUT2D eigenvalue weighted by atomic mass is 16.2. The molecule has 2 saturated carbocycles. The molecule has 0 aromatic carbocycles. The van der Waals surface area contributed by atoms with Crippen LogP contribution in [0.2, 0.25) is 0 Å². The summed E-state index contributed by atoms with van der Waals surface area (Å²) in [6.45, 7) is 4.39. The Balaban J connectivity index is 1.42. The van der Waals surface area contributed by atoms with Gasteiger partial charge in [-0.15, -0.1) is 0 Å². The second kappa shape index (κ2) is 5.54. The average Bonchev–Trinajstić information content (AvgIpc) is 3.24. The van der Waals surface area contributed by atoms with Gasteiger partial charge in [0, 0.05) is 25.2 Å². The molecule has 0 aromatic rings. The molecule has 5 unspecified atom stereocenters. The minimum absolute atomic E-state index is 0.140. The Morgan fingerprint density at radius 2 is 1.71 bits per heavy atom. The van der Waals surface area contributed by atoms with Crippen LogP contribution in [0.3, 0.4) is 0 Å². The van der Waals surface area contributed by atoms with E-state index in [0.717, 1.165) is 13.1 Å². The molecule has 2 bridgehead atoms. The quantitative estimate of drug-likeness (QED) is 0.838. The van der Waals surface area contributed by atoms with Gasteiger partial charge in [0.1, 0.15) is 0 Å². The van der Waals surface area contributed by atoms with Crippen molar-refractivity contribution >= 4 is 5.91 Å². The third kappa shape index (κ3) is 2.40. The summed E-state index contributed by atoms with van der Waals surface area (Å²) in [7, 11) is 0. The normalized spacial score (nSPS) is 43.7. The summed E-state index contributed by atoms with van der Waals surface area (Å²) >= 11 is 0. The van der Waals surface area contributed by atoms with Crippen molar-refractivity contribution in [2.45, 2.75) is 57.0 Å². The first-order chi connectivity index (χ1) is 10.2. The van der Waals surface area contributed by atoms with Crippen molar-refractivity contribution in [3.05, 3.63) is 0 Å². The van der Waals surface area contributed by atoms with E-state index in [-0.39, 0.29) is 12.0 Å². The van der Waals surface area contributed by atoms with Crippen LogP contribution >= 0.6 is 0 Å². The maximum absolute atomic E-state index is 13.0. The molecule has 4 rings (SSSR count). The molecule has 4 nitrogen and oxygen atoms in total. The second-order valence-electron chi connectivity index (χ2n) is 7.76. The van der Waals surface area contributed by atoms with Gasteiger partial charge in [-0.05, 0) is 69.9 Å². The summed E-state index contributed by atoms with van der Waals surface area (Å²) in [5, 5.41) is 0. The standard InChI is InChI=1S/C17H29N3O/c18-16-13-6-5-12(10-13)15(16)17(21)20-9-3-4-14(11-20)19-7-1-2-8-19/h12-16H,1-11,18H2. The van der Waals surface area contributed by atoms with E-state index in [1.54, 1.807) is 0 Å². The molecule has 2 aliphatic carbocycles. The third-order valence-electron chi connectivity index (χ3n) is 6.63. The van der Waals surface area contributed by atoms with Crippen molar-refractivity contribution in [2.75, 3.05) is 26.2 Å². The van der Waals surface area contributed by atoms with E-state index >= 15 is 0 Å². The molecule has 4 fully saturated rings. The lowest BCUT2D eigenvalue weighted by atomic mass is 9.83. The molecular formula is C17H29N3O. The molecule has 0 aromatic heterocycles. The van der Waals surface area contributed by atoms with Gasteiger partial charge in [-0.2, -0.15) is 0 Å². The molecule has 0 spiro atoms. The maximum Gasteiger partial charge on any atom is 0.227 e. The van der Waals surface area contributed by atoms with E-state index in [0.29, 0.717) is 23.8 Å². The fourth-order valence-electron chi connectivity index (χ4n) is 5.47. The number of hydrogen-bond acceptors (Lipinski definition) is 3. The summed E-state index contributed by atoms with van der Waals surface area (Å²) < 4.78 is 0. The predicted octanol–water partition coefficient (Wildman–Crippen LogP) is 1.45. The Bertz CT molecular complexity index is 405. The molecule has 1 amide bonds. The number of piperidine rings is 1. The van der Waals surface area contributed by atoms with E-state index < -0.39 is 0 Å². The number of fused-ring (bicyclic) bond motifs is 2. The second-order valence-corrected chi connectivity index (χ2v) is 7.76. The van der Waals surface area contributed by atoms with Gasteiger partial charge in [0.15, 0.2) is 0 Å². The number of nitrogens with zero attached hydrogens (tertiary/aromatic N) is 2. The van der Waals surface area contributed by atoms with Gasteiger partial charge < -0.3 is 10.6 Å². The molecule has 2 saturated heterocycles. The number of amides is 1. The molecule has 118 valence electrons. The van der Waals surface area contributed by atoms with E-state index in [1.807, 2.05) is 0 Å². The molecular weight excluding hydrogens is 262 g/mol. The fourth-order valence-corrected chi connectivity index (χ4v) is 5.47. The van der Waals surface area contributed by atoms with Crippen LogP contribution in [0.4, 0.5) is 0 Å². The molecule has 5 atom stereocenters. The number of likely N-dealkylation sites (tertiary alicyclic amines) is 2. The first-order valence-electron chi connectivity index (χ1n) is 9.02. The van der Waals surface area contributed by atoms with E-state index in [4.69, 9.17) is 5.73 Å². The summed E-state index contributed by atoms with van der Waals surface area (Å²) in [6.07, 6.45) is 8.81. The SMILES string of the molecule is NC1C2CCC(C2)C1C(=O)N1CCCC(N2CCCC2)C1. The van der Waals surface area contributed by atoms with E-state index in [2.05, 4.69) is 9.80 Å². The Hall–Kier alpha value is -0.610. The lowest BCUT2D eigenvalue weighted by Crippen LogP contribution is -2.53. The number of nitrogens with two attached hydrogens (primary N) is 1. The number of hydrogen-bond donors (Lipinski definition) is 1. The van der Waals surface area contributed by atoms with Crippen molar-refractivity contribution in [3.63, 3.8) is 0 Å². The highest BCUT2D eigenvalue weighted by molar-refractivity contribution is 5.80. The fraction of sp³-hybridized carbons (Fsp3) is 0.941. The van der Waals surface area contributed by atoms with Crippen LogP contribution in [0.5, 0.6) is 0 Å². The molecule has 0 radical (unpaired) electrons. The number of carbonyl (C=O) groups is 1. The largest absolute Gasteiger partial charge is 0.341 e. The minimum Gasteiger partial charge on any atom is -0.341 e. The maximum atomic E-state index is 13.0. The Kier molecular flexibility index (Phi) is 3.70. The Labute approximate surface area is 128 Å². The third-order valence-corrected chi connectivity index (χ3v) is 6.63. The number of carbonyl (C=O) groups excluding carboxylic acids is 1. The first-order valence-corrected chi connectivity index (χ1v) is 9.02. The smallest absolute Gasteiger partial charge is 0.227 e. The average molecular weight is 291 g/mol. The van der Waals surface area contributed by atoms with Crippen LogP contribution < -0.4 is 5.73 Å². The molecule has 2 N–H and O–H groups in total. The summed E-state index contributed by atoms with van der Waals surface area (Å²) in [4.78, 5) is 17.8. The number of rotatable bonds is 2. The van der Waals surface area contributed by atoms with Gasteiger partial charge in [0.05, 0.1) is 5.92 Å². The lowest BCUT2D eigenvalue weighted by molar-refractivity contribution is -0.139. The highest BCUT2D eigenvalue weighted by Gasteiger charge is 2.50. The highest BCUT2D eigenvalue weighted by Crippen LogP contribution is 2.48. The molecule has 2 aliphatic heterocycles. The zero-order valence-corrected chi connectivity index (χ0v) is 13.0. The van der Waals surface area contributed by atoms with Crippen LogP contribution in [0, 0.1) is 17.8 Å². The van der Waals surface area contributed by atoms with Gasteiger partial charge in [0.2, 0.25) is 5.91 Å².